The monoisotopic (exact) mass is 614 g/mol. The molecule has 0 radical (unpaired) electrons. The Hall–Kier alpha value is -3.47. The molecule has 3 aliphatic rings. The van der Waals surface area contributed by atoms with E-state index in [-0.39, 0.29) is 5.91 Å². The van der Waals surface area contributed by atoms with E-state index in [1.54, 1.807) is 6.20 Å². The van der Waals surface area contributed by atoms with E-state index >= 15 is 0 Å². The Balaban J connectivity index is 1.22. The molecule has 1 saturated carbocycles. The van der Waals surface area contributed by atoms with Gasteiger partial charge in [0.05, 0.1) is 17.3 Å². The van der Waals surface area contributed by atoms with Gasteiger partial charge < -0.3 is 19.9 Å². The third-order valence-electron chi connectivity index (χ3n) is 9.47. The van der Waals surface area contributed by atoms with E-state index in [2.05, 4.69) is 15.2 Å². The van der Waals surface area contributed by atoms with Crippen LogP contribution >= 0.6 is 0 Å². The Morgan fingerprint density at radius 2 is 1.64 bits per heavy atom. The number of fused-ring (bicyclic) bond motifs is 1. The lowest BCUT2D eigenvalue weighted by Gasteiger charge is -2.31. The normalized spacial score (nSPS) is 22.3. The highest BCUT2D eigenvalue weighted by Crippen LogP contribution is 2.34. The third-order valence-corrected chi connectivity index (χ3v) is 9.47. The van der Waals surface area contributed by atoms with Crippen LogP contribution in [0.1, 0.15) is 71.7 Å². The molecule has 2 amide bonds. The number of likely N-dealkylation sites (tertiary alicyclic amines) is 2. The molecule has 11 heteroatoms. The van der Waals surface area contributed by atoms with Crippen molar-refractivity contribution < 1.29 is 32.3 Å². The molecule has 4 unspecified atom stereocenters. The van der Waals surface area contributed by atoms with E-state index in [0.717, 1.165) is 49.2 Å². The van der Waals surface area contributed by atoms with Crippen LogP contribution in [0.4, 0.5) is 13.2 Å². The van der Waals surface area contributed by atoms with Gasteiger partial charge in [-0.25, -0.2) is 4.79 Å². The second kappa shape index (κ2) is 13.7. The standard InChI is InChI=1S/C33H41F3N4O4/c1-21-13-15-37-22(2)28(21)31(42)40-19-25-17-39(18-26(25)20-40)16-14-27(23-9-5-3-6-10-23)38-30(41)29(24-11-7-4-8-12-24)44-32(43)33(34,35)36/h3,5-6,9-10,13,15,24-27,29H,4,7-8,11-12,14,16-20H2,1-2H3,(H,38,41). The van der Waals surface area contributed by atoms with Crippen LogP contribution in [0.15, 0.2) is 42.6 Å². The fraction of sp³-hybridized carbons (Fsp3) is 0.576. The molecular weight excluding hydrogens is 573 g/mol. The molecule has 8 nitrogen and oxygen atoms in total. The molecule has 44 heavy (non-hydrogen) atoms. The number of hydrogen-bond donors (Lipinski definition) is 1. The number of pyridine rings is 1. The second-order valence-corrected chi connectivity index (χ2v) is 12.6. The maximum atomic E-state index is 13.5. The van der Waals surface area contributed by atoms with Gasteiger partial charge in [-0.05, 0) is 62.1 Å². The van der Waals surface area contributed by atoms with Crippen LogP contribution in [0.2, 0.25) is 0 Å². The van der Waals surface area contributed by atoms with Gasteiger partial charge in [-0.1, -0.05) is 49.6 Å². The van der Waals surface area contributed by atoms with Gasteiger partial charge in [-0.2, -0.15) is 13.2 Å². The van der Waals surface area contributed by atoms with E-state index in [1.807, 2.05) is 55.1 Å². The van der Waals surface area contributed by atoms with Crippen molar-refractivity contribution in [3.8, 4) is 0 Å². The zero-order valence-corrected chi connectivity index (χ0v) is 25.3. The molecular formula is C33H41F3N4O4. The Morgan fingerprint density at radius 3 is 2.25 bits per heavy atom. The van der Waals surface area contributed by atoms with Crippen molar-refractivity contribution in [1.82, 2.24) is 20.1 Å². The highest BCUT2D eigenvalue weighted by molar-refractivity contribution is 5.96. The summed E-state index contributed by atoms with van der Waals surface area (Å²) in [5, 5.41) is 2.94. The minimum Gasteiger partial charge on any atom is -0.445 e. The summed E-state index contributed by atoms with van der Waals surface area (Å²) in [7, 11) is 0. The van der Waals surface area contributed by atoms with Gasteiger partial charge in [0, 0.05) is 44.8 Å². The lowest BCUT2D eigenvalue weighted by Crippen LogP contribution is -2.46. The summed E-state index contributed by atoms with van der Waals surface area (Å²) in [6.07, 6.45) is -0.830. The number of alkyl halides is 3. The van der Waals surface area contributed by atoms with E-state index < -0.39 is 36.1 Å². The quantitative estimate of drug-likeness (QED) is 0.400. The van der Waals surface area contributed by atoms with Gasteiger partial charge in [0.2, 0.25) is 0 Å². The molecule has 1 aromatic heterocycles. The number of benzene rings is 1. The molecule has 5 rings (SSSR count). The predicted molar refractivity (Wildman–Crippen MR) is 157 cm³/mol. The van der Waals surface area contributed by atoms with Crippen molar-refractivity contribution in [2.45, 2.75) is 70.7 Å². The molecule has 4 atom stereocenters. The van der Waals surface area contributed by atoms with Crippen LogP contribution in [0.3, 0.4) is 0 Å². The van der Waals surface area contributed by atoms with Crippen molar-refractivity contribution in [3.63, 3.8) is 0 Å². The molecule has 3 fully saturated rings. The van der Waals surface area contributed by atoms with E-state index in [4.69, 9.17) is 4.74 Å². The number of aromatic nitrogens is 1. The minimum absolute atomic E-state index is 0.0275. The molecule has 1 aliphatic carbocycles. The summed E-state index contributed by atoms with van der Waals surface area (Å²) in [4.78, 5) is 47.2. The maximum Gasteiger partial charge on any atom is 0.490 e. The molecule has 1 aromatic carbocycles. The number of rotatable bonds is 9. The fourth-order valence-electron chi connectivity index (χ4n) is 7.17. The van der Waals surface area contributed by atoms with Gasteiger partial charge in [-0.3, -0.25) is 14.6 Å². The topological polar surface area (TPSA) is 91.8 Å². The first kappa shape index (κ1) is 31.9. The summed E-state index contributed by atoms with van der Waals surface area (Å²) in [6.45, 7) is 7.46. The summed E-state index contributed by atoms with van der Waals surface area (Å²) in [5.74, 6) is -2.74. The fourth-order valence-corrected chi connectivity index (χ4v) is 7.17. The molecule has 2 aromatic rings. The van der Waals surface area contributed by atoms with Gasteiger partial charge in [0.1, 0.15) is 0 Å². The van der Waals surface area contributed by atoms with Crippen molar-refractivity contribution in [2.24, 2.45) is 17.8 Å². The molecule has 0 bridgehead atoms. The second-order valence-electron chi connectivity index (χ2n) is 12.6. The van der Waals surface area contributed by atoms with Crippen molar-refractivity contribution in [1.29, 1.82) is 0 Å². The van der Waals surface area contributed by atoms with Crippen molar-refractivity contribution in [2.75, 3.05) is 32.7 Å². The molecule has 1 N–H and O–H groups in total. The first-order valence-corrected chi connectivity index (χ1v) is 15.6. The van der Waals surface area contributed by atoms with Crippen LogP contribution in [-0.4, -0.2) is 77.6 Å². The lowest BCUT2D eigenvalue weighted by atomic mass is 9.84. The van der Waals surface area contributed by atoms with E-state index in [9.17, 15) is 27.6 Å². The lowest BCUT2D eigenvalue weighted by molar-refractivity contribution is -0.208. The van der Waals surface area contributed by atoms with Gasteiger partial charge in [0.15, 0.2) is 6.10 Å². The summed E-state index contributed by atoms with van der Waals surface area (Å²) in [6, 6.07) is 10.7. The molecule has 2 aliphatic heterocycles. The summed E-state index contributed by atoms with van der Waals surface area (Å²) in [5.41, 5.74) is 3.18. The first-order valence-electron chi connectivity index (χ1n) is 15.6. The SMILES string of the molecule is Cc1ccnc(C)c1C(=O)N1CC2CN(CCC(NC(=O)C(OC(=O)C(F)(F)F)C3CCCCC3)c3ccccc3)CC2C1. The molecule has 2 saturated heterocycles. The largest absolute Gasteiger partial charge is 0.490 e. The Morgan fingerprint density at radius 1 is 0.977 bits per heavy atom. The number of nitrogens with one attached hydrogen (secondary N) is 1. The van der Waals surface area contributed by atoms with Crippen molar-refractivity contribution in [3.05, 3.63) is 65.0 Å². The van der Waals surface area contributed by atoms with Crippen molar-refractivity contribution >= 4 is 17.8 Å². The van der Waals surface area contributed by atoms with Crippen LogP contribution in [-0.2, 0) is 14.3 Å². The Bertz CT molecular complexity index is 1300. The van der Waals surface area contributed by atoms with E-state index in [0.29, 0.717) is 56.3 Å². The van der Waals surface area contributed by atoms with Gasteiger partial charge in [-0.15, -0.1) is 0 Å². The number of carbonyl (C=O) groups excluding carboxylic acids is 3. The number of ether oxygens (including phenoxy) is 1. The number of amides is 2. The molecule has 0 spiro atoms. The number of hydrogen-bond acceptors (Lipinski definition) is 6. The van der Waals surface area contributed by atoms with Gasteiger partial charge in [0.25, 0.3) is 11.8 Å². The number of nitrogens with zero attached hydrogens (tertiary/aromatic N) is 3. The number of esters is 1. The average Bonchev–Trinajstić information content (AvgIpc) is 3.57. The van der Waals surface area contributed by atoms with Crippen LogP contribution < -0.4 is 5.32 Å². The smallest absolute Gasteiger partial charge is 0.445 e. The first-order chi connectivity index (χ1) is 21.0. The predicted octanol–water partition coefficient (Wildman–Crippen LogP) is 5.00. The Kier molecular flexibility index (Phi) is 9.92. The minimum atomic E-state index is -5.17. The molecule has 3 heterocycles. The summed E-state index contributed by atoms with van der Waals surface area (Å²) >= 11 is 0. The van der Waals surface area contributed by atoms with Crippen LogP contribution in [0.25, 0.3) is 0 Å². The molecule has 238 valence electrons. The zero-order chi connectivity index (χ0) is 31.4. The third kappa shape index (κ3) is 7.42. The number of aryl methyl sites for hydroxylation is 2. The maximum absolute atomic E-state index is 13.5. The van der Waals surface area contributed by atoms with Crippen LogP contribution in [0.5, 0.6) is 0 Å². The average molecular weight is 615 g/mol. The zero-order valence-electron chi connectivity index (χ0n) is 25.3. The highest BCUT2D eigenvalue weighted by Gasteiger charge is 2.46. The van der Waals surface area contributed by atoms with Crippen LogP contribution in [0, 0.1) is 31.6 Å². The van der Waals surface area contributed by atoms with E-state index in [1.165, 1.54) is 0 Å². The number of carbonyl (C=O) groups is 3. The van der Waals surface area contributed by atoms with Gasteiger partial charge >= 0.3 is 12.1 Å². The number of halogens is 3. The summed E-state index contributed by atoms with van der Waals surface area (Å²) < 4.78 is 44.2. The Labute approximate surface area is 256 Å². The highest BCUT2D eigenvalue weighted by atomic mass is 19.4.